The number of carbonyl (C=O) groups excluding carboxylic acids is 1. The third kappa shape index (κ3) is 4.45. The van der Waals surface area contributed by atoms with Crippen molar-refractivity contribution in [2.24, 2.45) is 5.92 Å². The van der Waals surface area contributed by atoms with Gasteiger partial charge >= 0.3 is 5.97 Å². The van der Waals surface area contributed by atoms with Crippen LogP contribution < -0.4 is 9.47 Å². The van der Waals surface area contributed by atoms with Crippen LogP contribution in [0.2, 0.25) is 0 Å². The molecular formula is C25H23FO4S2. The molecule has 0 unspecified atom stereocenters. The van der Waals surface area contributed by atoms with E-state index in [1.807, 2.05) is 78.9 Å². The molecule has 0 N–H and O–H groups in total. The van der Waals surface area contributed by atoms with Crippen LogP contribution in [0.25, 0.3) is 0 Å². The molecule has 4 nitrogen and oxygen atoms in total. The van der Waals surface area contributed by atoms with Crippen LogP contribution in [0.5, 0.6) is 11.5 Å². The molecule has 0 amide bonds. The highest BCUT2D eigenvalue weighted by Crippen LogP contribution is 2.60. The molecule has 3 aromatic carbocycles. The Hall–Kier alpha value is -2.64. The lowest BCUT2D eigenvalue weighted by molar-refractivity contribution is -0.142. The molecule has 1 aliphatic rings. The maximum absolute atomic E-state index is 15.3. The Morgan fingerprint density at radius 3 is 1.91 bits per heavy atom. The minimum absolute atomic E-state index is 0.00594. The summed E-state index contributed by atoms with van der Waals surface area (Å²) in [5.41, 5.74) is 0.809. The van der Waals surface area contributed by atoms with Crippen molar-refractivity contribution in [1.29, 1.82) is 0 Å². The van der Waals surface area contributed by atoms with E-state index in [0.29, 0.717) is 11.5 Å². The summed E-state index contributed by atoms with van der Waals surface area (Å²) in [5.74, 6) is -0.418. The molecule has 0 bridgehead atoms. The van der Waals surface area contributed by atoms with Gasteiger partial charge < -0.3 is 14.2 Å². The standard InChI is InChI=1S/C25H23FO4S2/c1-28-21-14-13-17(15-22(21)29-2)25(20-16-30-24(27)23(20)26,31-18-9-5-3-6-10-18)32-19-11-7-4-8-12-19/h3-15,20,23H,16H2,1-2H3/t20-,23-/m0/s1. The molecule has 32 heavy (non-hydrogen) atoms. The average Bonchev–Trinajstić information content (AvgIpc) is 3.18. The fraction of sp³-hybridized carbons (Fsp3) is 0.240. The second kappa shape index (κ2) is 9.88. The van der Waals surface area contributed by atoms with Crippen molar-refractivity contribution in [2.75, 3.05) is 20.8 Å². The number of cyclic esters (lactones) is 1. The zero-order valence-corrected chi connectivity index (χ0v) is 19.3. The topological polar surface area (TPSA) is 44.8 Å². The van der Waals surface area contributed by atoms with Gasteiger partial charge in [-0.05, 0) is 42.0 Å². The van der Waals surface area contributed by atoms with E-state index in [1.54, 1.807) is 14.2 Å². The molecule has 1 saturated heterocycles. The first kappa shape index (κ1) is 22.6. The molecule has 3 aromatic rings. The van der Waals surface area contributed by atoms with Crippen LogP contribution in [-0.4, -0.2) is 33.0 Å². The summed E-state index contributed by atoms with van der Waals surface area (Å²) >= 11 is 3.03. The van der Waals surface area contributed by atoms with Gasteiger partial charge in [-0.3, -0.25) is 0 Å². The average molecular weight is 471 g/mol. The number of hydrogen-bond acceptors (Lipinski definition) is 6. The van der Waals surface area contributed by atoms with Crippen LogP contribution in [0.3, 0.4) is 0 Å². The Labute approximate surface area is 195 Å². The van der Waals surface area contributed by atoms with Gasteiger partial charge in [0.05, 0.1) is 20.1 Å². The molecule has 4 rings (SSSR count). The van der Waals surface area contributed by atoms with Gasteiger partial charge in [0.2, 0.25) is 6.17 Å². The van der Waals surface area contributed by atoms with E-state index in [9.17, 15) is 4.79 Å². The third-order valence-corrected chi connectivity index (χ3v) is 8.48. The number of ether oxygens (including phenoxy) is 3. The molecule has 0 saturated carbocycles. The SMILES string of the molecule is COc1ccc(C(Sc2ccccc2)(Sc2ccccc2)[C@H]2COC(=O)[C@H]2F)cc1OC. The summed E-state index contributed by atoms with van der Waals surface area (Å²) < 4.78 is 30.6. The predicted octanol–water partition coefficient (Wildman–Crippen LogP) is 5.95. The van der Waals surface area contributed by atoms with Crippen LogP contribution >= 0.6 is 23.5 Å². The molecule has 0 radical (unpaired) electrons. The van der Waals surface area contributed by atoms with Gasteiger partial charge in [-0.15, -0.1) is 23.5 Å². The summed E-state index contributed by atoms with van der Waals surface area (Å²) in [6, 6.07) is 25.2. The van der Waals surface area contributed by atoms with Crippen molar-refractivity contribution in [3.63, 3.8) is 0 Å². The maximum atomic E-state index is 15.3. The van der Waals surface area contributed by atoms with Gasteiger partial charge in [-0.2, -0.15) is 0 Å². The molecule has 1 heterocycles. The first-order valence-electron chi connectivity index (χ1n) is 10.1. The van der Waals surface area contributed by atoms with E-state index in [4.69, 9.17) is 14.2 Å². The number of esters is 1. The zero-order chi connectivity index (χ0) is 22.6. The molecule has 0 aliphatic carbocycles. The second-order valence-corrected chi connectivity index (χ2v) is 10.1. The molecule has 0 aromatic heterocycles. The lowest BCUT2D eigenvalue weighted by atomic mass is 9.95. The van der Waals surface area contributed by atoms with Crippen LogP contribution in [0.4, 0.5) is 4.39 Å². The Kier molecular flexibility index (Phi) is 6.96. The Morgan fingerprint density at radius 2 is 1.44 bits per heavy atom. The number of alkyl halides is 1. The monoisotopic (exact) mass is 470 g/mol. The number of rotatable bonds is 8. The van der Waals surface area contributed by atoms with Crippen molar-refractivity contribution in [3.8, 4) is 11.5 Å². The Morgan fingerprint density at radius 1 is 0.875 bits per heavy atom. The molecule has 166 valence electrons. The van der Waals surface area contributed by atoms with Gasteiger partial charge in [-0.25, -0.2) is 9.18 Å². The Bertz CT molecular complexity index is 1020. The van der Waals surface area contributed by atoms with Gasteiger partial charge in [0, 0.05) is 9.79 Å². The number of hydrogen-bond donors (Lipinski definition) is 0. The largest absolute Gasteiger partial charge is 0.493 e. The van der Waals surface area contributed by atoms with Gasteiger partial charge in [0.1, 0.15) is 10.7 Å². The highest BCUT2D eigenvalue weighted by atomic mass is 32.2. The number of benzene rings is 3. The minimum atomic E-state index is -1.74. The fourth-order valence-corrected chi connectivity index (χ4v) is 6.89. The summed E-state index contributed by atoms with van der Waals surface area (Å²) in [6.45, 7) is -0.00594. The van der Waals surface area contributed by atoms with E-state index in [-0.39, 0.29) is 6.61 Å². The predicted molar refractivity (Wildman–Crippen MR) is 125 cm³/mol. The van der Waals surface area contributed by atoms with Crippen LogP contribution in [0.1, 0.15) is 5.56 Å². The lowest BCUT2D eigenvalue weighted by Gasteiger charge is -2.38. The molecule has 1 aliphatic heterocycles. The first-order valence-corrected chi connectivity index (χ1v) is 11.7. The Balaban J connectivity index is 1.92. The van der Waals surface area contributed by atoms with Crippen molar-refractivity contribution in [3.05, 3.63) is 84.4 Å². The van der Waals surface area contributed by atoms with Crippen molar-refractivity contribution in [2.45, 2.75) is 20.0 Å². The summed E-state index contributed by atoms with van der Waals surface area (Å²) in [4.78, 5) is 14.0. The van der Waals surface area contributed by atoms with Crippen molar-refractivity contribution < 1.29 is 23.4 Å². The summed E-state index contributed by atoms with van der Waals surface area (Å²) in [5, 5.41) is 0. The molecule has 1 fully saturated rings. The van der Waals surface area contributed by atoms with Crippen LogP contribution in [0, 0.1) is 5.92 Å². The highest BCUT2D eigenvalue weighted by Gasteiger charge is 2.53. The number of halogens is 1. The van der Waals surface area contributed by atoms with Gasteiger partial charge in [-0.1, -0.05) is 42.5 Å². The molecular weight excluding hydrogens is 447 g/mol. The minimum Gasteiger partial charge on any atom is -0.493 e. The normalized spacial score (nSPS) is 18.3. The fourth-order valence-electron chi connectivity index (χ4n) is 3.69. The zero-order valence-electron chi connectivity index (χ0n) is 17.7. The third-order valence-electron chi connectivity index (χ3n) is 5.28. The van der Waals surface area contributed by atoms with E-state index >= 15 is 4.39 Å². The summed E-state index contributed by atoms with van der Waals surface area (Å²) in [6.07, 6.45) is -1.74. The van der Waals surface area contributed by atoms with E-state index in [0.717, 1.165) is 15.4 Å². The highest BCUT2D eigenvalue weighted by molar-refractivity contribution is 8.17. The van der Waals surface area contributed by atoms with Crippen molar-refractivity contribution >= 4 is 29.5 Å². The molecule has 2 atom stereocenters. The van der Waals surface area contributed by atoms with Crippen LogP contribution in [0.15, 0.2) is 88.7 Å². The number of methoxy groups -OCH3 is 2. The molecule has 7 heteroatoms. The van der Waals surface area contributed by atoms with Crippen LogP contribution in [-0.2, 0) is 13.6 Å². The quantitative estimate of drug-likeness (QED) is 0.230. The van der Waals surface area contributed by atoms with Gasteiger partial charge in [0.25, 0.3) is 0 Å². The molecule has 0 spiro atoms. The maximum Gasteiger partial charge on any atom is 0.341 e. The van der Waals surface area contributed by atoms with E-state index in [1.165, 1.54) is 23.5 Å². The lowest BCUT2D eigenvalue weighted by Crippen LogP contribution is -2.35. The smallest absolute Gasteiger partial charge is 0.341 e. The van der Waals surface area contributed by atoms with E-state index in [2.05, 4.69) is 0 Å². The first-order chi connectivity index (χ1) is 15.6. The van der Waals surface area contributed by atoms with Gasteiger partial charge in [0.15, 0.2) is 11.5 Å². The van der Waals surface area contributed by atoms with E-state index < -0.39 is 22.1 Å². The summed E-state index contributed by atoms with van der Waals surface area (Å²) in [7, 11) is 3.14. The van der Waals surface area contributed by atoms with Crippen molar-refractivity contribution in [1.82, 2.24) is 0 Å². The number of carbonyl (C=O) groups is 1. The number of thioether (sulfide) groups is 2. The second-order valence-electron chi connectivity index (χ2n) is 7.21.